The minimum Gasteiger partial charge on any atom is -0.443 e. The fraction of sp³-hybridized carbons (Fsp3) is 0.515. The molecule has 1 atom stereocenters. The van der Waals surface area contributed by atoms with E-state index in [0.717, 1.165) is 47.8 Å². The Labute approximate surface area is 234 Å². The molecule has 1 spiro atoms. The zero-order valence-electron chi connectivity index (χ0n) is 23.8. The van der Waals surface area contributed by atoms with Crippen molar-refractivity contribution in [3.8, 4) is 6.07 Å². The van der Waals surface area contributed by atoms with Gasteiger partial charge in [0, 0.05) is 37.0 Å². The number of piperidine rings is 1. The summed E-state index contributed by atoms with van der Waals surface area (Å²) < 4.78 is 35.5. The Morgan fingerprint density at radius 1 is 1.15 bits per heavy atom. The number of rotatable bonds is 4. The molecular weight excluding hydrogens is 508 g/mol. The predicted molar refractivity (Wildman–Crippen MR) is 150 cm³/mol. The fourth-order valence-electron chi connectivity index (χ4n) is 7.07. The number of ether oxygens (including phenoxy) is 1. The third-order valence-corrected chi connectivity index (χ3v) is 8.96. The van der Waals surface area contributed by atoms with E-state index in [2.05, 4.69) is 24.0 Å². The lowest BCUT2D eigenvalue weighted by atomic mass is 9.59. The largest absolute Gasteiger partial charge is 0.443 e. The van der Waals surface area contributed by atoms with Crippen LogP contribution >= 0.6 is 0 Å². The summed E-state index contributed by atoms with van der Waals surface area (Å²) in [6.07, 6.45) is 5.08. The number of hydrogen-bond acceptors (Lipinski definition) is 4. The van der Waals surface area contributed by atoms with Crippen LogP contribution in [0.2, 0.25) is 0 Å². The molecule has 2 saturated carbocycles. The van der Waals surface area contributed by atoms with Crippen LogP contribution in [0.3, 0.4) is 0 Å². The van der Waals surface area contributed by atoms with Crippen molar-refractivity contribution in [3.05, 3.63) is 70.4 Å². The molecule has 0 unspecified atom stereocenters. The smallest absolute Gasteiger partial charge is 0.418 e. The summed E-state index contributed by atoms with van der Waals surface area (Å²) in [7, 11) is 0. The zero-order valence-corrected chi connectivity index (χ0v) is 23.8. The Morgan fingerprint density at radius 2 is 1.85 bits per heavy atom. The molecule has 0 N–H and O–H groups in total. The van der Waals surface area contributed by atoms with E-state index in [1.807, 2.05) is 57.3 Å². The standard InChI is InChI=1S/C33H37F2N3O2/c1-21-15-26(23-9-10-23)27(25-11-13-38(29(21)25)30(39)40-31(2,3)4)18-37-14-12-32(19-33(34,35)20-32)16-28(37)24-7-5-22(17-36)6-8-24/h5-8,11,13,15,23,28H,9-10,12,14,16,18-20H2,1-4H3/t28-/m1/s1. The van der Waals surface area contributed by atoms with Crippen LogP contribution in [0, 0.1) is 23.7 Å². The topological polar surface area (TPSA) is 58.3 Å². The number of carbonyl (C=O) groups excluding carboxylic acids is 1. The number of halogens is 2. The van der Waals surface area contributed by atoms with E-state index in [0.29, 0.717) is 24.4 Å². The molecule has 40 heavy (non-hydrogen) atoms. The van der Waals surface area contributed by atoms with Gasteiger partial charge in [-0.15, -0.1) is 0 Å². The van der Waals surface area contributed by atoms with Crippen LogP contribution in [-0.2, 0) is 11.3 Å². The van der Waals surface area contributed by atoms with Crippen LogP contribution < -0.4 is 0 Å². The first-order valence-corrected chi connectivity index (χ1v) is 14.4. The number of hydrogen-bond donors (Lipinski definition) is 0. The maximum absolute atomic E-state index is 14.1. The van der Waals surface area contributed by atoms with Crippen molar-refractivity contribution in [3.63, 3.8) is 0 Å². The molecule has 210 valence electrons. The van der Waals surface area contributed by atoms with Crippen LogP contribution in [0.4, 0.5) is 13.6 Å². The van der Waals surface area contributed by atoms with Crippen molar-refractivity contribution in [1.29, 1.82) is 5.26 Å². The lowest BCUT2D eigenvalue weighted by Gasteiger charge is -2.54. The van der Waals surface area contributed by atoms with Crippen LogP contribution in [-0.4, -0.2) is 33.6 Å². The quantitative estimate of drug-likeness (QED) is 0.331. The number of nitrogens with zero attached hydrogens (tertiary/aromatic N) is 3. The van der Waals surface area contributed by atoms with Gasteiger partial charge in [-0.3, -0.25) is 9.47 Å². The maximum atomic E-state index is 14.1. The van der Waals surface area contributed by atoms with E-state index >= 15 is 0 Å². The van der Waals surface area contributed by atoms with Crippen molar-refractivity contribution >= 4 is 17.0 Å². The average Bonchev–Trinajstić information content (AvgIpc) is 3.61. The molecule has 6 rings (SSSR count). The van der Waals surface area contributed by atoms with Gasteiger partial charge in [0.1, 0.15) is 5.60 Å². The molecule has 7 heteroatoms. The number of carbonyl (C=O) groups is 1. The van der Waals surface area contributed by atoms with Crippen LogP contribution in [0.25, 0.3) is 10.9 Å². The summed E-state index contributed by atoms with van der Waals surface area (Å²) in [5.41, 5.74) is 5.20. The number of fused-ring (bicyclic) bond motifs is 1. The summed E-state index contributed by atoms with van der Waals surface area (Å²) >= 11 is 0. The number of aryl methyl sites for hydroxylation is 1. The Bertz CT molecular complexity index is 1500. The van der Waals surface area contributed by atoms with E-state index in [9.17, 15) is 18.8 Å². The van der Waals surface area contributed by atoms with Gasteiger partial charge in [-0.2, -0.15) is 5.26 Å². The molecule has 3 aromatic rings. The lowest BCUT2D eigenvalue weighted by molar-refractivity contribution is -0.186. The van der Waals surface area contributed by atoms with Gasteiger partial charge < -0.3 is 4.74 Å². The molecule has 3 aliphatic rings. The highest BCUT2D eigenvalue weighted by molar-refractivity contribution is 5.94. The number of aromatic nitrogens is 1. The van der Waals surface area contributed by atoms with Gasteiger partial charge in [-0.25, -0.2) is 13.6 Å². The first-order chi connectivity index (χ1) is 18.9. The van der Waals surface area contributed by atoms with Gasteiger partial charge in [0.15, 0.2) is 0 Å². The summed E-state index contributed by atoms with van der Waals surface area (Å²) in [4.78, 5) is 15.6. The molecule has 2 aromatic carbocycles. The van der Waals surface area contributed by atoms with E-state index < -0.39 is 17.6 Å². The van der Waals surface area contributed by atoms with Crippen LogP contribution in [0.1, 0.15) is 99.1 Å². The Kier molecular flexibility index (Phi) is 6.34. The molecule has 0 radical (unpaired) electrons. The SMILES string of the molecule is Cc1cc(C2CC2)c(CN2CCC3(C[C@@H]2c2ccc(C#N)cc2)CC(F)(F)C3)c2ccn(C(=O)OC(C)(C)C)c12. The van der Waals surface area contributed by atoms with Gasteiger partial charge in [0.2, 0.25) is 5.92 Å². The number of alkyl halides is 2. The normalized spacial score (nSPS) is 22.2. The molecule has 1 aliphatic heterocycles. The highest BCUT2D eigenvalue weighted by Crippen LogP contribution is 2.60. The molecule has 1 aromatic heterocycles. The molecule has 0 bridgehead atoms. The molecule has 0 amide bonds. The molecule has 5 nitrogen and oxygen atoms in total. The first kappa shape index (κ1) is 27.0. The Morgan fingerprint density at radius 3 is 2.45 bits per heavy atom. The summed E-state index contributed by atoms with van der Waals surface area (Å²) in [6.45, 7) is 9.06. The second kappa shape index (κ2) is 9.41. The van der Waals surface area contributed by atoms with E-state index in [1.54, 1.807) is 4.57 Å². The van der Waals surface area contributed by atoms with E-state index in [1.165, 1.54) is 11.1 Å². The fourth-order valence-corrected chi connectivity index (χ4v) is 7.07. The van der Waals surface area contributed by atoms with Crippen LogP contribution in [0.15, 0.2) is 42.6 Å². The molecular formula is C33H37F2N3O2. The summed E-state index contributed by atoms with van der Waals surface area (Å²) in [6, 6.07) is 14.0. The third-order valence-electron chi connectivity index (χ3n) is 8.96. The third kappa shape index (κ3) is 5.03. The monoisotopic (exact) mass is 545 g/mol. The molecule has 3 fully saturated rings. The first-order valence-electron chi connectivity index (χ1n) is 14.4. The van der Waals surface area contributed by atoms with Crippen molar-refractivity contribution < 1.29 is 18.3 Å². The zero-order chi connectivity index (χ0) is 28.4. The van der Waals surface area contributed by atoms with Crippen molar-refractivity contribution in [2.24, 2.45) is 5.41 Å². The maximum Gasteiger partial charge on any atom is 0.418 e. The van der Waals surface area contributed by atoms with Gasteiger partial charge >= 0.3 is 6.09 Å². The van der Waals surface area contributed by atoms with E-state index in [4.69, 9.17) is 4.74 Å². The molecule has 1 saturated heterocycles. The van der Waals surface area contributed by atoms with Crippen molar-refractivity contribution in [2.45, 2.75) is 96.2 Å². The lowest BCUT2D eigenvalue weighted by Crippen LogP contribution is -2.53. The Hall–Kier alpha value is -3.24. The molecule has 2 heterocycles. The second-order valence-corrected chi connectivity index (χ2v) is 13.3. The molecule has 2 aliphatic carbocycles. The van der Waals surface area contributed by atoms with E-state index in [-0.39, 0.29) is 24.3 Å². The Balaban J connectivity index is 1.39. The number of benzene rings is 2. The average molecular weight is 546 g/mol. The van der Waals surface area contributed by atoms with Crippen molar-refractivity contribution in [2.75, 3.05) is 6.54 Å². The number of likely N-dealkylation sites (tertiary alicyclic amines) is 1. The van der Waals surface area contributed by atoms with Crippen molar-refractivity contribution in [1.82, 2.24) is 9.47 Å². The predicted octanol–water partition coefficient (Wildman–Crippen LogP) is 8.23. The van der Waals surface area contributed by atoms with Crippen LogP contribution in [0.5, 0.6) is 0 Å². The summed E-state index contributed by atoms with van der Waals surface area (Å²) in [5.74, 6) is -2.05. The highest BCUT2D eigenvalue weighted by Gasteiger charge is 2.58. The minimum atomic E-state index is -2.57. The highest BCUT2D eigenvalue weighted by atomic mass is 19.3. The summed E-state index contributed by atoms with van der Waals surface area (Å²) in [5, 5.41) is 10.4. The second-order valence-electron chi connectivity index (χ2n) is 13.3. The number of nitriles is 1. The van der Waals surface area contributed by atoms with Gasteiger partial charge in [0.05, 0.1) is 17.1 Å². The van der Waals surface area contributed by atoms with Gasteiger partial charge in [-0.1, -0.05) is 18.2 Å². The van der Waals surface area contributed by atoms with Gasteiger partial charge in [-0.05, 0) is 112 Å². The minimum absolute atomic E-state index is 0.0195. The van der Waals surface area contributed by atoms with Gasteiger partial charge in [0.25, 0.3) is 0 Å².